The average molecular weight is 315 g/mol. The molecule has 100 valence electrons. The number of amides is 1. The standard InChI is InChI=1S/C10H9N3O3S3/c14-7(3-6-1-2-17-4-6)11-9-12-13-10(19-9)18-5-8(15)16/h1-2,4H,3,5H2,(H,15,16)(H,11,12,14). The second-order valence-corrected chi connectivity index (χ2v) is 6.39. The molecule has 2 N–H and O–H groups in total. The van der Waals surface area contributed by atoms with E-state index in [4.69, 9.17) is 5.11 Å². The number of carboxylic acid groups (broad SMARTS) is 1. The fraction of sp³-hybridized carbons (Fsp3) is 0.200. The van der Waals surface area contributed by atoms with Crippen LogP contribution in [0.15, 0.2) is 21.2 Å². The topological polar surface area (TPSA) is 92.2 Å². The number of thiophene rings is 1. The van der Waals surface area contributed by atoms with Crippen molar-refractivity contribution in [2.75, 3.05) is 11.1 Å². The second kappa shape index (κ2) is 6.64. The average Bonchev–Trinajstić information content (AvgIpc) is 2.98. The number of nitrogens with zero attached hydrogens (tertiary/aromatic N) is 2. The fourth-order valence-corrected chi connectivity index (χ4v) is 3.34. The zero-order valence-electron chi connectivity index (χ0n) is 9.53. The molecule has 2 heterocycles. The van der Waals surface area contributed by atoms with E-state index in [0.717, 1.165) is 28.7 Å². The summed E-state index contributed by atoms with van der Waals surface area (Å²) >= 11 is 3.78. The van der Waals surface area contributed by atoms with Crippen LogP contribution in [-0.2, 0) is 16.0 Å². The monoisotopic (exact) mass is 315 g/mol. The molecule has 0 aliphatic rings. The first kappa shape index (κ1) is 14.0. The van der Waals surface area contributed by atoms with Crippen LogP contribution in [0.2, 0.25) is 0 Å². The van der Waals surface area contributed by atoms with Crippen LogP contribution in [0.5, 0.6) is 0 Å². The highest BCUT2D eigenvalue weighted by Crippen LogP contribution is 2.25. The number of hydrogen-bond acceptors (Lipinski definition) is 7. The molecule has 19 heavy (non-hydrogen) atoms. The smallest absolute Gasteiger partial charge is 0.313 e. The summed E-state index contributed by atoms with van der Waals surface area (Å²) in [6.45, 7) is 0. The summed E-state index contributed by atoms with van der Waals surface area (Å²) in [5.74, 6) is -1.15. The number of rotatable bonds is 6. The highest BCUT2D eigenvalue weighted by molar-refractivity contribution is 8.01. The Morgan fingerprint density at radius 1 is 1.42 bits per heavy atom. The van der Waals surface area contributed by atoms with E-state index >= 15 is 0 Å². The van der Waals surface area contributed by atoms with Crippen LogP contribution in [0.3, 0.4) is 0 Å². The quantitative estimate of drug-likeness (QED) is 0.625. The van der Waals surface area contributed by atoms with Crippen molar-refractivity contribution in [3.05, 3.63) is 22.4 Å². The molecule has 1 amide bonds. The Hall–Kier alpha value is -1.45. The molecule has 2 aromatic rings. The molecule has 0 saturated carbocycles. The molecule has 2 aromatic heterocycles. The van der Waals surface area contributed by atoms with E-state index in [9.17, 15) is 9.59 Å². The number of anilines is 1. The van der Waals surface area contributed by atoms with Crippen molar-refractivity contribution in [3.63, 3.8) is 0 Å². The lowest BCUT2D eigenvalue weighted by Gasteiger charge is -1.98. The molecular formula is C10H9N3O3S3. The van der Waals surface area contributed by atoms with Crippen LogP contribution in [0, 0.1) is 0 Å². The van der Waals surface area contributed by atoms with Crippen molar-refractivity contribution in [1.29, 1.82) is 0 Å². The molecule has 0 bridgehead atoms. The number of thioether (sulfide) groups is 1. The minimum Gasteiger partial charge on any atom is -0.481 e. The summed E-state index contributed by atoms with van der Waals surface area (Å²) in [4.78, 5) is 22.1. The van der Waals surface area contributed by atoms with Crippen LogP contribution in [0.25, 0.3) is 0 Å². The third-order valence-electron chi connectivity index (χ3n) is 1.92. The van der Waals surface area contributed by atoms with E-state index in [-0.39, 0.29) is 11.7 Å². The van der Waals surface area contributed by atoms with Gasteiger partial charge in [-0.3, -0.25) is 9.59 Å². The molecule has 0 spiro atoms. The Kier molecular flexibility index (Phi) is 4.88. The highest BCUT2D eigenvalue weighted by atomic mass is 32.2. The molecule has 0 aromatic carbocycles. The van der Waals surface area contributed by atoms with Crippen LogP contribution < -0.4 is 5.32 Å². The Labute approximate surface area is 120 Å². The van der Waals surface area contributed by atoms with Crippen LogP contribution in [-0.4, -0.2) is 32.9 Å². The first-order chi connectivity index (χ1) is 9.13. The zero-order valence-corrected chi connectivity index (χ0v) is 12.0. The number of aliphatic carboxylic acids is 1. The number of nitrogens with one attached hydrogen (secondary N) is 1. The molecule has 6 nitrogen and oxygen atoms in total. The van der Waals surface area contributed by atoms with Crippen molar-refractivity contribution < 1.29 is 14.7 Å². The van der Waals surface area contributed by atoms with Gasteiger partial charge in [-0.15, -0.1) is 10.2 Å². The molecule has 0 aliphatic carbocycles. The van der Waals surface area contributed by atoms with Crippen molar-refractivity contribution >= 4 is 51.4 Å². The van der Waals surface area contributed by atoms with Crippen LogP contribution >= 0.6 is 34.4 Å². The maximum atomic E-state index is 11.7. The Balaban J connectivity index is 1.85. The number of hydrogen-bond donors (Lipinski definition) is 2. The predicted molar refractivity (Wildman–Crippen MR) is 74.9 cm³/mol. The molecule has 0 fully saturated rings. The maximum Gasteiger partial charge on any atom is 0.313 e. The highest BCUT2D eigenvalue weighted by Gasteiger charge is 2.10. The zero-order chi connectivity index (χ0) is 13.7. The Bertz CT molecular complexity index is 568. The van der Waals surface area contributed by atoms with Gasteiger partial charge in [0.05, 0.1) is 12.2 Å². The van der Waals surface area contributed by atoms with Gasteiger partial charge in [0.1, 0.15) is 0 Å². The number of carbonyl (C=O) groups excluding carboxylic acids is 1. The summed E-state index contributed by atoms with van der Waals surface area (Å²) in [5.41, 5.74) is 0.951. The van der Waals surface area contributed by atoms with Gasteiger partial charge in [0.2, 0.25) is 11.0 Å². The summed E-state index contributed by atoms with van der Waals surface area (Å²) in [6.07, 6.45) is 0.292. The number of carboxylic acids is 1. The number of aromatic nitrogens is 2. The summed E-state index contributed by atoms with van der Waals surface area (Å²) in [6, 6.07) is 1.89. The summed E-state index contributed by atoms with van der Waals surface area (Å²) in [5, 5.41) is 23.0. The molecule has 9 heteroatoms. The largest absolute Gasteiger partial charge is 0.481 e. The van der Waals surface area contributed by atoms with Crippen molar-refractivity contribution in [1.82, 2.24) is 10.2 Å². The van der Waals surface area contributed by atoms with Gasteiger partial charge in [0.15, 0.2) is 4.34 Å². The van der Waals surface area contributed by atoms with Gasteiger partial charge in [-0.1, -0.05) is 23.1 Å². The first-order valence-electron chi connectivity index (χ1n) is 5.12. The molecule has 0 radical (unpaired) electrons. The van der Waals surface area contributed by atoms with E-state index < -0.39 is 5.97 Å². The predicted octanol–water partition coefficient (Wildman–Crippen LogP) is 1.96. The van der Waals surface area contributed by atoms with E-state index in [2.05, 4.69) is 15.5 Å². The lowest BCUT2D eigenvalue weighted by Crippen LogP contribution is -2.13. The van der Waals surface area contributed by atoms with Gasteiger partial charge < -0.3 is 10.4 Å². The lowest BCUT2D eigenvalue weighted by molar-refractivity contribution is -0.133. The van der Waals surface area contributed by atoms with Crippen molar-refractivity contribution in [3.8, 4) is 0 Å². The van der Waals surface area contributed by atoms with E-state index in [1.54, 1.807) is 0 Å². The van der Waals surface area contributed by atoms with Gasteiger partial charge in [0, 0.05) is 0 Å². The summed E-state index contributed by atoms with van der Waals surface area (Å²) in [7, 11) is 0. The van der Waals surface area contributed by atoms with Crippen LogP contribution in [0.1, 0.15) is 5.56 Å². The number of carbonyl (C=O) groups is 2. The Morgan fingerprint density at radius 2 is 2.26 bits per heavy atom. The van der Waals surface area contributed by atoms with Crippen molar-refractivity contribution in [2.45, 2.75) is 10.8 Å². The fourth-order valence-electron chi connectivity index (χ4n) is 1.18. The van der Waals surface area contributed by atoms with Gasteiger partial charge >= 0.3 is 5.97 Å². The second-order valence-electron chi connectivity index (χ2n) is 3.41. The van der Waals surface area contributed by atoms with Crippen LogP contribution in [0.4, 0.5) is 5.13 Å². The minimum atomic E-state index is -0.914. The van der Waals surface area contributed by atoms with E-state index in [1.165, 1.54) is 11.3 Å². The maximum absolute atomic E-state index is 11.7. The molecule has 0 aliphatic heterocycles. The molecule has 0 unspecified atom stereocenters. The van der Waals surface area contributed by atoms with Gasteiger partial charge in [0.25, 0.3) is 0 Å². The van der Waals surface area contributed by atoms with Gasteiger partial charge in [-0.25, -0.2) is 0 Å². The lowest BCUT2D eigenvalue weighted by atomic mass is 10.2. The third kappa shape index (κ3) is 4.62. The molecule has 0 saturated heterocycles. The Morgan fingerprint density at radius 3 is 2.95 bits per heavy atom. The van der Waals surface area contributed by atoms with E-state index in [1.807, 2.05) is 16.8 Å². The molecule has 0 atom stereocenters. The molecule has 2 rings (SSSR count). The third-order valence-corrected chi connectivity index (χ3v) is 4.61. The first-order valence-corrected chi connectivity index (χ1v) is 7.87. The summed E-state index contributed by atoms with van der Waals surface area (Å²) < 4.78 is 0.522. The van der Waals surface area contributed by atoms with E-state index in [0.29, 0.717) is 15.9 Å². The van der Waals surface area contributed by atoms with Crippen molar-refractivity contribution in [2.24, 2.45) is 0 Å². The minimum absolute atomic E-state index is 0.0719. The SMILES string of the molecule is O=C(O)CSc1nnc(NC(=O)Cc2ccsc2)s1. The van der Waals surface area contributed by atoms with Gasteiger partial charge in [-0.05, 0) is 22.4 Å². The molecular weight excluding hydrogens is 306 g/mol. The normalized spacial score (nSPS) is 10.3. The van der Waals surface area contributed by atoms with Gasteiger partial charge in [-0.2, -0.15) is 11.3 Å².